The Bertz CT molecular complexity index is 336. The van der Waals surface area contributed by atoms with Crippen molar-refractivity contribution in [3.8, 4) is 0 Å². The molecule has 16 heavy (non-hydrogen) atoms. The van der Waals surface area contributed by atoms with Gasteiger partial charge in [-0.25, -0.2) is 0 Å². The van der Waals surface area contributed by atoms with Crippen LogP contribution in [0.4, 0.5) is 0 Å². The molecule has 0 amide bonds. The average molecular weight is 232 g/mol. The van der Waals surface area contributed by atoms with Crippen molar-refractivity contribution in [1.29, 1.82) is 0 Å². The zero-order valence-electron chi connectivity index (χ0n) is 7.91. The van der Waals surface area contributed by atoms with E-state index in [1.165, 1.54) is 0 Å². The number of nitro groups is 2. The molecule has 2 heterocycles. The van der Waals surface area contributed by atoms with E-state index < -0.39 is 28.1 Å². The van der Waals surface area contributed by atoms with Gasteiger partial charge >= 0.3 is 5.82 Å². The zero-order valence-corrected chi connectivity index (χ0v) is 7.91. The molecule has 2 aliphatic rings. The molecule has 0 aromatic heterocycles. The summed E-state index contributed by atoms with van der Waals surface area (Å²) in [6.45, 7) is 0.658. The first-order valence-corrected chi connectivity index (χ1v) is 4.39. The molecule has 0 bridgehead atoms. The molecule has 2 N–H and O–H groups in total. The molecule has 2 atom stereocenters. The smallest absolute Gasteiger partial charge is 0.351 e. The van der Waals surface area contributed by atoms with Crippen molar-refractivity contribution in [2.45, 2.75) is 12.5 Å². The second-order valence-electron chi connectivity index (χ2n) is 3.08. The molecule has 0 spiro atoms. The second-order valence-corrected chi connectivity index (χ2v) is 3.08. The quantitative estimate of drug-likeness (QED) is 0.437. The first-order chi connectivity index (χ1) is 7.59. The highest BCUT2D eigenvalue weighted by Gasteiger charge is 2.43. The summed E-state index contributed by atoms with van der Waals surface area (Å²) in [5, 5.41) is 25.9. The summed E-state index contributed by atoms with van der Waals surface area (Å²) in [6.07, 6.45) is -1.28. The number of hydrogen-bond acceptors (Lipinski definition) is 8. The number of nitrogens with zero attached hydrogens (tertiary/aromatic N) is 2. The summed E-state index contributed by atoms with van der Waals surface area (Å²) < 4.78 is 10.3. The monoisotopic (exact) mass is 232 g/mol. The lowest BCUT2D eigenvalue weighted by molar-refractivity contribution is -0.618. The number of rotatable bonds is 2. The van der Waals surface area contributed by atoms with E-state index in [0.717, 1.165) is 0 Å². The van der Waals surface area contributed by atoms with E-state index in [1.54, 1.807) is 0 Å². The van der Waals surface area contributed by atoms with E-state index >= 15 is 0 Å². The Kier molecular flexibility index (Phi) is 2.58. The van der Waals surface area contributed by atoms with Crippen molar-refractivity contribution < 1.29 is 19.3 Å². The largest absolute Gasteiger partial charge is 0.599 e. The van der Waals surface area contributed by atoms with Crippen LogP contribution in [-0.4, -0.2) is 35.5 Å². The first-order valence-electron chi connectivity index (χ1n) is 4.39. The average Bonchev–Trinajstić information content (AvgIpc) is 2.58. The fourth-order valence-corrected chi connectivity index (χ4v) is 1.46. The Morgan fingerprint density at radius 2 is 1.56 bits per heavy atom. The SMILES string of the molecule is O=[N+]([O-])C(=C1N[C@@H]2OCCO[C@@H]2N1)[N+](=O)[O-]. The highest BCUT2D eigenvalue weighted by Crippen LogP contribution is 2.16. The maximum absolute atomic E-state index is 10.5. The Balaban J connectivity index is 2.24. The number of ether oxygens (including phenoxy) is 2. The zero-order chi connectivity index (χ0) is 11.7. The molecular formula is C6H8N4O6. The lowest BCUT2D eigenvalue weighted by Gasteiger charge is -2.24. The molecule has 2 fully saturated rings. The summed E-state index contributed by atoms with van der Waals surface area (Å²) in [6, 6.07) is 0. The van der Waals surface area contributed by atoms with E-state index in [4.69, 9.17) is 9.47 Å². The van der Waals surface area contributed by atoms with Gasteiger partial charge in [-0.2, -0.15) is 0 Å². The van der Waals surface area contributed by atoms with E-state index in [2.05, 4.69) is 10.6 Å². The number of nitrogens with one attached hydrogen (secondary N) is 2. The van der Waals surface area contributed by atoms with Crippen molar-refractivity contribution in [2.24, 2.45) is 0 Å². The van der Waals surface area contributed by atoms with Gasteiger partial charge in [-0.3, -0.25) is 20.2 Å². The van der Waals surface area contributed by atoms with Gasteiger partial charge in [-0.15, -0.1) is 0 Å². The molecule has 0 aromatic rings. The van der Waals surface area contributed by atoms with Gasteiger partial charge in [-0.1, -0.05) is 0 Å². The molecule has 0 radical (unpaired) electrons. The third-order valence-electron chi connectivity index (χ3n) is 2.10. The highest BCUT2D eigenvalue weighted by molar-refractivity contribution is 5.06. The normalized spacial score (nSPS) is 27.6. The maximum atomic E-state index is 10.5. The van der Waals surface area contributed by atoms with Crippen molar-refractivity contribution in [1.82, 2.24) is 10.6 Å². The van der Waals surface area contributed by atoms with Crippen LogP contribution < -0.4 is 10.6 Å². The Hall–Kier alpha value is -1.94. The lowest BCUT2D eigenvalue weighted by atomic mass is 10.5. The summed E-state index contributed by atoms with van der Waals surface area (Å²) in [7, 11) is 0. The van der Waals surface area contributed by atoms with Crippen LogP contribution in [0.25, 0.3) is 0 Å². The van der Waals surface area contributed by atoms with Gasteiger partial charge in [0.25, 0.3) is 5.82 Å². The van der Waals surface area contributed by atoms with E-state index in [0.29, 0.717) is 13.2 Å². The van der Waals surface area contributed by atoms with Crippen LogP contribution in [0.1, 0.15) is 0 Å². The molecular weight excluding hydrogens is 224 g/mol. The molecule has 0 unspecified atom stereocenters. The van der Waals surface area contributed by atoms with Gasteiger partial charge in [0, 0.05) is 0 Å². The lowest BCUT2D eigenvalue weighted by Crippen LogP contribution is -2.43. The fraction of sp³-hybridized carbons (Fsp3) is 0.667. The van der Waals surface area contributed by atoms with Crippen LogP contribution in [0.5, 0.6) is 0 Å². The minimum Gasteiger partial charge on any atom is -0.351 e. The van der Waals surface area contributed by atoms with Gasteiger partial charge in [0.05, 0.1) is 13.2 Å². The number of hydrogen-bond donors (Lipinski definition) is 2. The van der Waals surface area contributed by atoms with Gasteiger partial charge < -0.3 is 20.1 Å². The minimum absolute atomic E-state index is 0.299. The molecule has 2 saturated heterocycles. The first kappa shape index (κ1) is 10.6. The van der Waals surface area contributed by atoms with Crippen molar-refractivity contribution in [3.05, 3.63) is 31.9 Å². The van der Waals surface area contributed by atoms with E-state index in [9.17, 15) is 20.2 Å². The summed E-state index contributed by atoms with van der Waals surface area (Å²) in [5.41, 5.74) is 0. The predicted octanol–water partition coefficient (Wildman–Crippen LogP) is -1.44. The predicted molar refractivity (Wildman–Crippen MR) is 46.8 cm³/mol. The Morgan fingerprint density at radius 1 is 1.12 bits per heavy atom. The highest BCUT2D eigenvalue weighted by atomic mass is 16.7. The van der Waals surface area contributed by atoms with Gasteiger partial charge in [0.1, 0.15) is 9.85 Å². The van der Waals surface area contributed by atoms with E-state index in [1.807, 2.05) is 0 Å². The Labute approximate surface area is 88.5 Å². The summed E-state index contributed by atoms with van der Waals surface area (Å²) in [5.74, 6) is -1.45. The summed E-state index contributed by atoms with van der Waals surface area (Å²) >= 11 is 0. The van der Waals surface area contributed by atoms with Crippen LogP contribution in [0, 0.1) is 20.2 Å². The third kappa shape index (κ3) is 1.75. The maximum Gasteiger partial charge on any atom is 0.599 e. The molecule has 2 aliphatic heterocycles. The molecule has 0 saturated carbocycles. The van der Waals surface area contributed by atoms with Crippen molar-refractivity contribution in [3.63, 3.8) is 0 Å². The van der Waals surface area contributed by atoms with E-state index in [-0.39, 0.29) is 5.82 Å². The van der Waals surface area contributed by atoms with Crippen molar-refractivity contribution in [2.75, 3.05) is 13.2 Å². The molecule has 88 valence electrons. The molecule has 2 rings (SSSR count). The molecule has 0 aromatic carbocycles. The van der Waals surface area contributed by atoms with Crippen LogP contribution in [0.2, 0.25) is 0 Å². The number of fused-ring (bicyclic) bond motifs is 1. The molecule has 10 nitrogen and oxygen atoms in total. The molecule has 0 aliphatic carbocycles. The summed E-state index contributed by atoms with van der Waals surface area (Å²) in [4.78, 5) is 18.8. The molecule has 10 heteroatoms. The third-order valence-corrected chi connectivity index (χ3v) is 2.10. The topological polar surface area (TPSA) is 129 Å². The van der Waals surface area contributed by atoms with Crippen LogP contribution in [-0.2, 0) is 9.47 Å². The van der Waals surface area contributed by atoms with Crippen LogP contribution in [0.15, 0.2) is 11.6 Å². The van der Waals surface area contributed by atoms with Gasteiger partial charge in [-0.05, 0) is 0 Å². The minimum atomic E-state index is -1.15. The van der Waals surface area contributed by atoms with Gasteiger partial charge in [0.2, 0.25) is 0 Å². The fourth-order valence-electron chi connectivity index (χ4n) is 1.46. The van der Waals surface area contributed by atoms with Crippen LogP contribution >= 0.6 is 0 Å². The van der Waals surface area contributed by atoms with Crippen LogP contribution in [0.3, 0.4) is 0 Å². The van der Waals surface area contributed by atoms with Crippen molar-refractivity contribution >= 4 is 0 Å². The van der Waals surface area contributed by atoms with Gasteiger partial charge in [0.15, 0.2) is 12.5 Å². The second kappa shape index (κ2) is 3.90. The Morgan fingerprint density at radius 3 is 1.94 bits per heavy atom. The standard InChI is InChI=1S/C6H8N4O6/c11-9(12)6(10(13)14)3-7-4-5(8-3)16-2-1-15-4/h4-5,7-8H,1-2H2/t4-,5+.